The first kappa shape index (κ1) is 39.2. The molecule has 4 aromatic rings. The highest BCUT2D eigenvalue weighted by molar-refractivity contribution is 7.54. The summed E-state index contributed by atoms with van der Waals surface area (Å²) in [7, 11) is -2.94. The Morgan fingerprint density at radius 1 is 0.532 bits per heavy atom. The fourth-order valence-electron chi connectivity index (χ4n) is 3.74. The molecule has 4 aromatic carbocycles. The van der Waals surface area contributed by atoms with Gasteiger partial charge in [-0.3, -0.25) is 9.36 Å². The van der Waals surface area contributed by atoms with Crippen molar-refractivity contribution in [3.05, 3.63) is 178 Å². The number of carbonyl (C=O) groups excluding carboxylic acids is 1. The van der Waals surface area contributed by atoms with Crippen molar-refractivity contribution in [2.75, 3.05) is 19.4 Å². The molecular weight excluding hydrogens is 646 g/mol. The first-order valence-electron chi connectivity index (χ1n) is 15.2. The zero-order valence-corrected chi connectivity index (χ0v) is 29.1. The molecule has 0 heterocycles. The molecule has 0 unspecified atom stereocenters. The SMILES string of the molecule is CCOP(=O)(C/C=C/c1ccccc1)OCC.Clc1ccc(/C=C/C=C/C=C/c2ccccc2)cc1.O=C/C=C/c1ccc(Cl)cc1. The predicted molar refractivity (Wildman–Crippen MR) is 203 cm³/mol. The fraction of sp³-hybridized carbons (Fsp3) is 0.125. The van der Waals surface area contributed by atoms with Gasteiger partial charge in [0.2, 0.25) is 0 Å². The number of allylic oxidation sites excluding steroid dienone is 6. The standard InChI is InChI=1S/C18H15Cl.C13H19O3P.C9H7ClO/c19-18-14-12-17(13-15-18)11-5-2-1-4-8-16-9-6-3-7-10-16;1-3-15-17(14,16-4-2)12-8-11-13-9-6-5-7-10-13;10-9-5-3-8(4-6-9)2-1-7-11/h1-15H;5-11H,3-4,12H2,1-2H3;1-7H/b2-1+,8-4+,11-5+;11-8+;2-1+. The Hall–Kier alpha value is -4.02. The predicted octanol–water partition coefficient (Wildman–Crippen LogP) is 12.1. The highest BCUT2D eigenvalue weighted by Crippen LogP contribution is 2.47. The van der Waals surface area contributed by atoms with Crippen LogP contribution in [-0.4, -0.2) is 25.7 Å². The van der Waals surface area contributed by atoms with E-state index in [0.29, 0.717) is 24.4 Å². The third kappa shape index (κ3) is 18.7. The number of carbonyl (C=O) groups is 1. The summed E-state index contributed by atoms with van der Waals surface area (Å²) in [6.07, 6.45) is 20.2. The van der Waals surface area contributed by atoms with E-state index in [9.17, 15) is 9.36 Å². The molecule has 0 fully saturated rings. The molecule has 0 saturated carbocycles. The van der Waals surface area contributed by atoms with Gasteiger partial charge in [-0.05, 0) is 66.4 Å². The molecule has 0 aliphatic heterocycles. The summed E-state index contributed by atoms with van der Waals surface area (Å²) in [5.41, 5.74) is 4.39. The molecular formula is C40H41Cl2O4P. The van der Waals surface area contributed by atoms with Crippen LogP contribution in [0.2, 0.25) is 10.0 Å². The topological polar surface area (TPSA) is 52.6 Å². The van der Waals surface area contributed by atoms with Crippen LogP contribution in [0.15, 0.2) is 146 Å². The van der Waals surface area contributed by atoms with Crippen LogP contribution in [0.4, 0.5) is 0 Å². The van der Waals surface area contributed by atoms with Crippen molar-refractivity contribution >= 4 is 61.4 Å². The molecule has 4 nitrogen and oxygen atoms in total. The third-order valence-corrected chi connectivity index (χ3v) is 8.37. The molecule has 4 rings (SSSR count). The van der Waals surface area contributed by atoms with Gasteiger partial charge in [-0.25, -0.2) is 0 Å². The minimum absolute atomic E-state index is 0.309. The van der Waals surface area contributed by atoms with Crippen LogP contribution in [0.25, 0.3) is 24.3 Å². The lowest BCUT2D eigenvalue weighted by atomic mass is 10.2. The molecule has 0 atom stereocenters. The summed E-state index contributed by atoms with van der Waals surface area (Å²) < 4.78 is 22.5. The second-order valence-corrected chi connectivity index (χ2v) is 12.5. The number of rotatable bonds is 13. The number of hydrogen-bond acceptors (Lipinski definition) is 4. The van der Waals surface area contributed by atoms with Crippen LogP contribution in [0, 0.1) is 0 Å². The fourth-order valence-corrected chi connectivity index (χ4v) is 5.43. The van der Waals surface area contributed by atoms with E-state index in [2.05, 4.69) is 18.2 Å². The maximum absolute atomic E-state index is 12.1. The zero-order chi connectivity index (χ0) is 34.0. The van der Waals surface area contributed by atoms with E-state index in [-0.39, 0.29) is 0 Å². The van der Waals surface area contributed by atoms with Crippen molar-refractivity contribution in [1.29, 1.82) is 0 Å². The Labute approximate surface area is 289 Å². The lowest BCUT2D eigenvalue weighted by molar-refractivity contribution is -0.104. The van der Waals surface area contributed by atoms with Gasteiger partial charge in [0.25, 0.3) is 0 Å². The summed E-state index contributed by atoms with van der Waals surface area (Å²) in [5.74, 6) is 0. The third-order valence-electron chi connectivity index (χ3n) is 5.91. The van der Waals surface area contributed by atoms with Gasteiger partial charge in [-0.2, -0.15) is 0 Å². The van der Waals surface area contributed by atoms with Crippen LogP contribution >= 0.6 is 30.8 Å². The van der Waals surface area contributed by atoms with Gasteiger partial charge < -0.3 is 9.05 Å². The zero-order valence-electron chi connectivity index (χ0n) is 26.7. The highest BCUT2D eigenvalue weighted by atomic mass is 35.5. The van der Waals surface area contributed by atoms with Crippen molar-refractivity contribution in [3.63, 3.8) is 0 Å². The van der Waals surface area contributed by atoms with E-state index < -0.39 is 7.60 Å². The van der Waals surface area contributed by atoms with Crippen molar-refractivity contribution in [2.24, 2.45) is 0 Å². The smallest absolute Gasteiger partial charge is 0.309 e. The molecule has 0 N–H and O–H groups in total. The van der Waals surface area contributed by atoms with E-state index in [1.165, 1.54) is 11.6 Å². The normalized spacial score (nSPS) is 11.6. The average molecular weight is 688 g/mol. The molecule has 244 valence electrons. The summed E-state index contributed by atoms with van der Waals surface area (Å²) in [4.78, 5) is 9.93. The molecule has 0 aliphatic rings. The molecule has 0 aromatic heterocycles. The summed E-state index contributed by atoms with van der Waals surface area (Å²) in [6, 6.07) is 35.1. The minimum atomic E-state index is -2.94. The Morgan fingerprint density at radius 2 is 0.915 bits per heavy atom. The van der Waals surface area contributed by atoms with Crippen molar-refractivity contribution < 1.29 is 18.4 Å². The van der Waals surface area contributed by atoms with Crippen LogP contribution in [0.1, 0.15) is 36.1 Å². The maximum Gasteiger partial charge on any atom is 0.334 e. The second-order valence-electron chi connectivity index (χ2n) is 9.55. The molecule has 0 spiro atoms. The number of aldehydes is 1. The monoisotopic (exact) mass is 686 g/mol. The Kier molecular flexibility index (Phi) is 20.2. The largest absolute Gasteiger partial charge is 0.334 e. The molecule has 0 bridgehead atoms. The Balaban J connectivity index is 0.000000254. The van der Waals surface area contributed by atoms with Gasteiger partial charge in [-0.15, -0.1) is 0 Å². The van der Waals surface area contributed by atoms with Gasteiger partial charge in [-0.1, -0.05) is 163 Å². The molecule has 47 heavy (non-hydrogen) atoms. The van der Waals surface area contributed by atoms with Crippen molar-refractivity contribution in [2.45, 2.75) is 13.8 Å². The second kappa shape index (κ2) is 24.2. The van der Waals surface area contributed by atoms with Crippen molar-refractivity contribution in [3.8, 4) is 0 Å². The molecule has 0 amide bonds. The molecule has 0 radical (unpaired) electrons. The highest BCUT2D eigenvalue weighted by Gasteiger charge is 2.20. The maximum atomic E-state index is 12.1. The van der Waals surface area contributed by atoms with Crippen molar-refractivity contribution in [1.82, 2.24) is 0 Å². The lowest BCUT2D eigenvalue weighted by Crippen LogP contribution is -1.98. The Bertz CT molecular complexity index is 1600. The summed E-state index contributed by atoms with van der Waals surface area (Å²) >= 11 is 11.5. The molecule has 0 aliphatic carbocycles. The minimum Gasteiger partial charge on any atom is -0.309 e. The van der Waals surface area contributed by atoms with Gasteiger partial charge >= 0.3 is 7.60 Å². The molecule has 0 saturated heterocycles. The first-order valence-corrected chi connectivity index (χ1v) is 17.6. The first-order chi connectivity index (χ1) is 22.9. The number of benzene rings is 4. The summed E-state index contributed by atoms with van der Waals surface area (Å²) in [5, 5.41) is 1.46. The van der Waals surface area contributed by atoms with Crippen LogP contribution in [-0.2, 0) is 18.4 Å². The van der Waals surface area contributed by atoms with E-state index in [1.54, 1.807) is 18.2 Å². The quantitative estimate of drug-likeness (QED) is 0.0608. The van der Waals surface area contributed by atoms with E-state index in [4.69, 9.17) is 32.2 Å². The van der Waals surface area contributed by atoms with E-state index in [0.717, 1.165) is 28.0 Å². The van der Waals surface area contributed by atoms with Gasteiger partial charge in [0, 0.05) is 10.0 Å². The van der Waals surface area contributed by atoms with Crippen LogP contribution in [0.3, 0.4) is 0 Å². The lowest BCUT2D eigenvalue weighted by Gasteiger charge is -2.14. The van der Waals surface area contributed by atoms with Gasteiger partial charge in [0.15, 0.2) is 0 Å². The van der Waals surface area contributed by atoms with E-state index >= 15 is 0 Å². The average Bonchev–Trinajstić information content (AvgIpc) is 3.09. The number of hydrogen-bond donors (Lipinski definition) is 0. The molecule has 7 heteroatoms. The van der Waals surface area contributed by atoms with Crippen LogP contribution < -0.4 is 0 Å². The van der Waals surface area contributed by atoms with Gasteiger partial charge in [0.05, 0.1) is 19.4 Å². The number of halogens is 2. The van der Waals surface area contributed by atoms with E-state index in [1.807, 2.05) is 141 Å². The van der Waals surface area contributed by atoms with Gasteiger partial charge in [0.1, 0.15) is 6.29 Å². The van der Waals surface area contributed by atoms with Crippen LogP contribution in [0.5, 0.6) is 0 Å². The Morgan fingerprint density at radius 3 is 1.32 bits per heavy atom. The summed E-state index contributed by atoms with van der Waals surface area (Å²) in [6.45, 7) is 4.42.